The smallest absolute Gasteiger partial charge is 0.380 e. The van der Waals surface area contributed by atoms with E-state index in [4.69, 9.17) is 4.74 Å². The zero-order chi connectivity index (χ0) is 14.6. The molecule has 1 rings (SSSR count). The molecule has 0 aliphatic carbocycles. The Morgan fingerprint density at radius 3 is 2.68 bits per heavy atom. The van der Waals surface area contributed by atoms with Gasteiger partial charge in [-0.2, -0.15) is 18.3 Å². The second kappa shape index (κ2) is 6.01. The molecule has 0 N–H and O–H groups in total. The lowest BCUT2D eigenvalue weighted by Gasteiger charge is -2.10. The molecule has 1 aromatic rings. The van der Waals surface area contributed by atoms with Crippen molar-refractivity contribution in [2.75, 3.05) is 13.7 Å². The van der Waals surface area contributed by atoms with E-state index in [2.05, 4.69) is 5.10 Å². The minimum Gasteiger partial charge on any atom is -0.380 e. The molecule has 0 bridgehead atoms. The lowest BCUT2D eigenvalue weighted by Crippen LogP contribution is -2.30. The fourth-order valence-electron chi connectivity index (χ4n) is 1.53. The number of alkyl halides is 3. The predicted octanol–water partition coefficient (Wildman–Crippen LogP) is 2.16. The summed E-state index contributed by atoms with van der Waals surface area (Å²) in [6, 6.07) is 0.755. The molecule has 0 fully saturated rings. The lowest BCUT2D eigenvalue weighted by atomic mass is 10.2. The van der Waals surface area contributed by atoms with Gasteiger partial charge in [-0.05, 0) is 25.5 Å². The minimum atomic E-state index is -4.67. The molecule has 1 heterocycles. The average molecular weight is 276 g/mol. The van der Waals surface area contributed by atoms with Crippen molar-refractivity contribution >= 4 is 0 Å². The Bertz CT molecular complexity index is 533. The summed E-state index contributed by atoms with van der Waals surface area (Å²) in [5.41, 5.74) is -1.38. The second-order valence-corrected chi connectivity index (χ2v) is 4.17. The van der Waals surface area contributed by atoms with Gasteiger partial charge in [0.05, 0.1) is 18.8 Å². The van der Waals surface area contributed by atoms with Crippen LogP contribution in [-0.2, 0) is 17.5 Å². The number of ether oxygens (including phenoxy) is 1. The van der Waals surface area contributed by atoms with Crippen molar-refractivity contribution in [2.45, 2.75) is 26.6 Å². The molecule has 7 heteroatoms. The molecule has 0 aliphatic rings. The van der Waals surface area contributed by atoms with Crippen LogP contribution in [0.4, 0.5) is 13.2 Å². The van der Waals surface area contributed by atoms with Gasteiger partial charge in [-0.3, -0.25) is 4.79 Å². The second-order valence-electron chi connectivity index (χ2n) is 4.17. The van der Waals surface area contributed by atoms with E-state index in [1.165, 1.54) is 14.0 Å². The van der Waals surface area contributed by atoms with Crippen LogP contribution in [0.5, 0.6) is 0 Å². The third-order valence-electron chi connectivity index (χ3n) is 2.39. The first kappa shape index (κ1) is 15.4. The summed E-state index contributed by atoms with van der Waals surface area (Å²) >= 11 is 0. The number of halogens is 3. The molecule has 1 aromatic heterocycles. The van der Waals surface area contributed by atoms with E-state index in [1.807, 2.05) is 0 Å². The fourth-order valence-corrected chi connectivity index (χ4v) is 1.53. The molecule has 0 spiro atoms. The highest BCUT2D eigenvalue weighted by Crippen LogP contribution is 2.26. The normalized spacial score (nSPS) is 12.8. The maximum atomic E-state index is 12.7. The molecule has 19 heavy (non-hydrogen) atoms. The summed E-state index contributed by atoms with van der Waals surface area (Å²) in [4.78, 5) is 11.7. The van der Waals surface area contributed by atoms with Crippen molar-refractivity contribution in [3.63, 3.8) is 0 Å². The zero-order valence-corrected chi connectivity index (χ0v) is 10.9. The van der Waals surface area contributed by atoms with Crippen LogP contribution in [0.25, 0.3) is 0 Å². The first-order valence-electron chi connectivity index (χ1n) is 5.56. The number of nitrogens with zero attached hydrogens (tertiary/aromatic N) is 2. The molecule has 0 aromatic carbocycles. The summed E-state index contributed by atoms with van der Waals surface area (Å²) in [5, 5.41) is 3.80. The van der Waals surface area contributed by atoms with Gasteiger partial charge in [-0.15, -0.1) is 0 Å². The summed E-state index contributed by atoms with van der Waals surface area (Å²) < 4.78 is 43.6. The summed E-state index contributed by atoms with van der Waals surface area (Å²) in [6.45, 7) is 3.51. The van der Waals surface area contributed by atoms with E-state index in [0.29, 0.717) is 6.61 Å². The van der Waals surface area contributed by atoms with Crippen LogP contribution in [0.1, 0.15) is 18.2 Å². The Labute approximate surface area is 108 Å². The molecule has 4 nitrogen and oxygen atoms in total. The van der Waals surface area contributed by atoms with Crippen molar-refractivity contribution in [1.82, 2.24) is 9.78 Å². The highest BCUT2D eigenvalue weighted by atomic mass is 19.4. The monoisotopic (exact) mass is 276 g/mol. The van der Waals surface area contributed by atoms with Crippen LogP contribution in [0.2, 0.25) is 0 Å². The van der Waals surface area contributed by atoms with Gasteiger partial charge < -0.3 is 4.74 Å². The van der Waals surface area contributed by atoms with Gasteiger partial charge in [0.15, 0.2) is 0 Å². The largest absolute Gasteiger partial charge is 0.421 e. The van der Waals surface area contributed by atoms with Crippen LogP contribution < -0.4 is 5.56 Å². The lowest BCUT2D eigenvalue weighted by molar-refractivity contribution is -0.139. The third-order valence-corrected chi connectivity index (χ3v) is 2.39. The Balaban J connectivity index is 3.13. The van der Waals surface area contributed by atoms with Gasteiger partial charge in [-0.25, -0.2) is 4.68 Å². The standard InChI is InChI=1S/C12H15F3N2O2/c1-8(7-19-3)4-5-17-11(18)10(12(13,14)15)6-9(2)16-17/h4,6H,5,7H2,1-3H3/b8-4+. The number of hydrogen-bond acceptors (Lipinski definition) is 3. The van der Waals surface area contributed by atoms with Crippen LogP contribution in [-0.4, -0.2) is 23.5 Å². The molecule has 0 amide bonds. The van der Waals surface area contributed by atoms with Crippen molar-refractivity contribution in [2.24, 2.45) is 0 Å². The summed E-state index contributed by atoms with van der Waals surface area (Å²) in [5.74, 6) is 0. The number of aryl methyl sites for hydroxylation is 1. The Morgan fingerprint density at radius 2 is 2.16 bits per heavy atom. The SMILES string of the molecule is COC/C(C)=C/Cn1nc(C)cc(C(F)(F)F)c1=O. The molecule has 0 radical (unpaired) electrons. The number of hydrogen-bond donors (Lipinski definition) is 0. The Hall–Kier alpha value is -1.63. The first-order chi connectivity index (χ1) is 8.75. The van der Waals surface area contributed by atoms with E-state index in [-0.39, 0.29) is 12.2 Å². The van der Waals surface area contributed by atoms with E-state index < -0.39 is 17.3 Å². The van der Waals surface area contributed by atoms with Crippen LogP contribution in [0.15, 0.2) is 22.5 Å². The average Bonchev–Trinajstić information content (AvgIpc) is 2.28. The number of allylic oxidation sites excluding steroid dienone is 1. The van der Waals surface area contributed by atoms with Gasteiger partial charge in [0.25, 0.3) is 5.56 Å². The molecule has 0 unspecified atom stereocenters. The van der Waals surface area contributed by atoms with Crippen LogP contribution in [0, 0.1) is 6.92 Å². The van der Waals surface area contributed by atoms with Gasteiger partial charge >= 0.3 is 6.18 Å². The quantitative estimate of drug-likeness (QED) is 0.792. The summed E-state index contributed by atoms with van der Waals surface area (Å²) in [6.07, 6.45) is -3.06. The molecule has 0 saturated carbocycles. The zero-order valence-electron chi connectivity index (χ0n) is 10.9. The first-order valence-corrected chi connectivity index (χ1v) is 5.56. The number of methoxy groups -OCH3 is 1. The van der Waals surface area contributed by atoms with Gasteiger partial charge in [-0.1, -0.05) is 6.08 Å². The molecule has 106 valence electrons. The molecule has 0 saturated heterocycles. The van der Waals surface area contributed by atoms with Crippen molar-refractivity contribution in [3.05, 3.63) is 39.3 Å². The number of aromatic nitrogens is 2. The van der Waals surface area contributed by atoms with Crippen LogP contribution >= 0.6 is 0 Å². The maximum Gasteiger partial charge on any atom is 0.421 e. The van der Waals surface area contributed by atoms with Gasteiger partial charge in [0.2, 0.25) is 0 Å². The third kappa shape index (κ3) is 4.20. The van der Waals surface area contributed by atoms with E-state index in [1.54, 1.807) is 13.0 Å². The fraction of sp³-hybridized carbons (Fsp3) is 0.500. The maximum absolute atomic E-state index is 12.7. The topological polar surface area (TPSA) is 44.1 Å². The van der Waals surface area contributed by atoms with Crippen molar-refractivity contribution < 1.29 is 17.9 Å². The van der Waals surface area contributed by atoms with E-state index >= 15 is 0 Å². The highest BCUT2D eigenvalue weighted by molar-refractivity contribution is 5.16. The molecule has 0 atom stereocenters. The predicted molar refractivity (Wildman–Crippen MR) is 63.9 cm³/mol. The van der Waals surface area contributed by atoms with Crippen molar-refractivity contribution in [3.8, 4) is 0 Å². The van der Waals surface area contributed by atoms with E-state index in [0.717, 1.165) is 16.3 Å². The Morgan fingerprint density at radius 1 is 1.53 bits per heavy atom. The highest BCUT2D eigenvalue weighted by Gasteiger charge is 2.35. The molecular formula is C12H15F3N2O2. The van der Waals surface area contributed by atoms with Gasteiger partial charge in [0.1, 0.15) is 5.56 Å². The van der Waals surface area contributed by atoms with Crippen molar-refractivity contribution in [1.29, 1.82) is 0 Å². The van der Waals surface area contributed by atoms with Gasteiger partial charge in [0, 0.05) is 7.11 Å². The molecule has 0 aliphatic heterocycles. The molecular weight excluding hydrogens is 261 g/mol. The van der Waals surface area contributed by atoms with Crippen LogP contribution in [0.3, 0.4) is 0 Å². The Kier molecular flexibility index (Phi) is 4.88. The van der Waals surface area contributed by atoms with E-state index in [9.17, 15) is 18.0 Å². The number of rotatable bonds is 4. The summed E-state index contributed by atoms with van der Waals surface area (Å²) in [7, 11) is 1.51. The minimum absolute atomic E-state index is 0.0151.